The molecule has 1 amide bonds. The minimum atomic E-state index is -0.225. The van der Waals surface area contributed by atoms with Gasteiger partial charge in [-0.15, -0.1) is 11.3 Å². The van der Waals surface area contributed by atoms with E-state index in [1.807, 2.05) is 26.2 Å². The Labute approximate surface area is 115 Å². The van der Waals surface area contributed by atoms with E-state index in [1.54, 1.807) is 4.68 Å². The molecule has 19 heavy (non-hydrogen) atoms. The number of carbonyl (C=O) groups excluding carboxylic acids is 1. The lowest BCUT2D eigenvalue weighted by Gasteiger charge is -2.12. The third-order valence-corrected chi connectivity index (χ3v) is 3.88. The second-order valence-corrected chi connectivity index (χ2v) is 5.18. The van der Waals surface area contributed by atoms with E-state index in [4.69, 9.17) is 5.73 Å². The zero-order valence-electron chi connectivity index (χ0n) is 11.2. The van der Waals surface area contributed by atoms with Gasteiger partial charge in [0, 0.05) is 17.6 Å². The van der Waals surface area contributed by atoms with E-state index in [-0.39, 0.29) is 11.9 Å². The molecule has 7 heteroatoms. The third-order valence-electron chi connectivity index (χ3n) is 2.74. The van der Waals surface area contributed by atoms with Crippen LogP contribution in [0, 0.1) is 6.92 Å². The molecule has 2 aromatic heterocycles. The lowest BCUT2D eigenvalue weighted by atomic mass is 10.3. The highest BCUT2D eigenvalue weighted by Gasteiger charge is 2.19. The van der Waals surface area contributed by atoms with Crippen LogP contribution in [0.5, 0.6) is 0 Å². The molecule has 0 radical (unpaired) electrons. The molecule has 1 unspecified atom stereocenters. The van der Waals surface area contributed by atoms with Gasteiger partial charge in [0.05, 0.1) is 17.9 Å². The largest absolute Gasteiger partial charge is 0.396 e. The van der Waals surface area contributed by atoms with Crippen LogP contribution in [0.15, 0.2) is 11.6 Å². The van der Waals surface area contributed by atoms with Crippen molar-refractivity contribution >= 4 is 22.9 Å². The first-order valence-corrected chi connectivity index (χ1v) is 6.95. The van der Waals surface area contributed by atoms with Crippen molar-refractivity contribution in [3.63, 3.8) is 0 Å². The molecule has 0 aliphatic carbocycles. The summed E-state index contributed by atoms with van der Waals surface area (Å²) in [5, 5.41) is 9.80. The van der Waals surface area contributed by atoms with Crippen LogP contribution in [0.1, 0.15) is 41.1 Å². The van der Waals surface area contributed by atoms with Gasteiger partial charge in [0.2, 0.25) is 0 Å². The topological polar surface area (TPSA) is 85.8 Å². The quantitative estimate of drug-likeness (QED) is 0.892. The number of nitrogens with two attached hydrogens (primary N) is 1. The van der Waals surface area contributed by atoms with Crippen molar-refractivity contribution in [3.05, 3.63) is 28.0 Å². The molecule has 2 heterocycles. The van der Waals surface area contributed by atoms with E-state index < -0.39 is 0 Å². The molecule has 0 spiro atoms. The van der Waals surface area contributed by atoms with Gasteiger partial charge in [-0.3, -0.25) is 9.48 Å². The van der Waals surface area contributed by atoms with Crippen molar-refractivity contribution < 1.29 is 4.79 Å². The molecule has 0 fully saturated rings. The fourth-order valence-electron chi connectivity index (χ4n) is 1.79. The maximum atomic E-state index is 12.2. The molecule has 0 saturated heterocycles. The Bertz CT molecular complexity index is 589. The Morgan fingerprint density at radius 1 is 1.63 bits per heavy atom. The number of rotatable bonds is 4. The molecular formula is C12H17N5OS. The summed E-state index contributed by atoms with van der Waals surface area (Å²) in [6, 6.07) is -0.147. The summed E-state index contributed by atoms with van der Waals surface area (Å²) in [5.74, 6) is -0.225. The van der Waals surface area contributed by atoms with Gasteiger partial charge in [0.15, 0.2) is 0 Å². The maximum absolute atomic E-state index is 12.2. The molecule has 0 aliphatic heterocycles. The normalized spacial score (nSPS) is 12.4. The van der Waals surface area contributed by atoms with Gasteiger partial charge < -0.3 is 11.1 Å². The highest BCUT2D eigenvalue weighted by Crippen LogP contribution is 2.19. The molecule has 3 N–H and O–H groups in total. The molecule has 0 aliphatic rings. The second kappa shape index (κ2) is 5.40. The predicted octanol–water partition coefficient (Wildman–Crippen LogP) is 1.74. The van der Waals surface area contributed by atoms with Crippen LogP contribution in [0.4, 0.5) is 5.69 Å². The first-order valence-electron chi connectivity index (χ1n) is 6.07. The first-order chi connectivity index (χ1) is 9.02. The van der Waals surface area contributed by atoms with E-state index in [0.717, 1.165) is 10.7 Å². The van der Waals surface area contributed by atoms with Gasteiger partial charge in [0.1, 0.15) is 10.7 Å². The van der Waals surface area contributed by atoms with E-state index >= 15 is 0 Å². The summed E-state index contributed by atoms with van der Waals surface area (Å²) in [4.78, 5) is 16.6. The Kier molecular flexibility index (Phi) is 3.84. The monoisotopic (exact) mass is 279 g/mol. The lowest BCUT2D eigenvalue weighted by molar-refractivity contribution is 0.0930. The minimum Gasteiger partial charge on any atom is -0.396 e. The Morgan fingerprint density at radius 2 is 2.37 bits per heavy atom. The van der Waals surface area contributed by atoms with Crippen molar-refractivity contribution in [3.8, 4) is 0 Å². The number of nitrogens with one attached hydrogen (secondary N) is 1. The zero-order valence-corrected chi connectivity index (χ0v) is 12.0. The molecule has 1 atom stereocenters. The van der Waals surface area contributed by atoms with Crippen LogP contribution in [-0.4, -0.2) is 20.7 Å². The molecule has 0 bridgehead atoms. The summed E-state index contributed by atoms with van der Waals surface area (Å²) in [6.45, 7) is 6.35. The third kappa shape index (κ3) is 2.76. The maximum Gasteiger partial charge on any atom is 0.272 e. The fraction of sp³-hybridized carbons (Fsp3) is 0.417. The average Bonchev–Trinajstić information content (AvgIpc) is 2.95. The second-order valence-electron chi connectivity index (χ2n) is 4.29. The molecular weight excluding hydrogens is 262 g/mol. The van der Waals surface area contributed by atoms with Crippen molar-refractivity contribution in [2.45, 2.75) is 33.4 Å². The van der Waals surface area contributed by atoms with Crippen LogP contribution in [0.25, 0.3) is 0 Å². The Balaban J connectivity index is 2.14. The zero-order chi connectivity index (χ0) is 14.0. The average molecular weight is 279 g/mol. The fourth-order valence-corrected chi connectivity index (χ4v) is 2.59. The molecule has 2 rings (SSSR count). The van der Waals surface area contributed by atoms with E-state index in [0.29, 0.717) is 17.9 Å². The van der Waals surface area contributed by atoms with Gasteiger partial charge in [-0.1, -0.05) is 0 Å². The van der Waals surface area contributed by atoms with Crippen molar-refractivity contribution in [1.82, 2.24) is 20.1 Å². The van der Waals surface area contributed by atoms with Crippen molar-refractivity contribution in [2.24, 2.45) is 0 Å². The van der Waals surface area contributed by atoms with Gasteiger partial charge in [-0.2, -0.15) is 5.10 Å². The SMILES string of the molecule is CCn1ncc(N)c1C(=O)NC(C)c1nc(C)cs1. The van der Waals surface area contributed by atoms with E-state index in [9.17, 15) is 4.79 Å². The van der Waals surface area contributed by atoms with Gasteiger partial charge in [-0.25, -0.2) is 4.98 Å². The number of nitrogens with zero attached hydrogens (tertiary/aromatic N) is 3. The van der Waals surface area contributed by atoms with E-state index in [1.165, 1.54) is 17.5 Å². The van der Waals surface area contributed by atoms with Crippen LogP contribution in [0.2, 0.25) is 0 Å². The van der Waals surface area contributed by atoms with Crippen molar-refractivity contribution in [2.75, 3.05) is 5.73 Å². The summed E-state index contributed by atoms with van der Waals surface area (Å²) >= 11 is 1.53. The molecule has 6 nitrogen and oxygen atoms in total. The number of amides is 1. The van der Waals surface area contributed by atoms with Gasteiger partial charge in [0.25, 0.3) is 5.91 Å². The number of thiazole rings is 1. The van der Waals surface area contributed by atoms with Gasteiger partial charge in [-0.05, 0) is 20.8 Å². The highest BCUT2D eigenvalue weighted by molar-refractivity contribution is 7.09. The highest BCUT2D eigenvalue weighted by atomic mass is 32.1. The number of hydrogen-bond donors (Lipinski definition) is 2. The number of aryl methyl sites for hydroxylation is 2. The molecule has 102 valence electrons. The predicted molar refractivity (Wildman–Crippen MR) is 75.0 cm³/mol. The summed E-state index contributed by atoms with van der Waals surface area (Å²) in [5.41, 5.74) is 7.53. The molecule has 2 aromatic rings. The van der Waals surface area contributed by atoms with Gasteiger partial charge >= 0.3 is 0 Å². The van der Waals surface area contributed by atoms with Crippen LogP contribution in [-0.2, 0) is 6.54 Å². The number of anilines is 1. The summed E-state index contributed by atoms with van der Waals surface area (Å²) in [7, 11) is 0. The van der Waals surface area contributed by atoms with Crippen LogP contribution in [0.3, 0.4) is 0 Å². The standard InChI is InChI=1S/C12H17N5OS/c1-4-17-10(9(13)5-14-17)11(18)16-8(3)12-15-7(2)6-19-12/h5-6,8H,4,13H2,1-3H3,(H,16,18). The molecule has 0 saturated carbocycles. The molecule has 0 aromatic carbocycles. The first kappa shape index (κ1) is 13.5. The Morgan fingerprint density at radius 3 is 2.95 bits per heavy atom. The van der Waals surface area contributed by atoms with Crippen LogP contribution < -0.4 is 11.1 Å². The number of nitrogen functional groups attached to an aromatic ring is 1. The van der Waals surface area contributed by atoms with Crippen molar-refractivity contribution in [1.29, 1.82) is 0 Å². The number of hydrogen-bond acceptors (Lipinski definition) is 5. The smallest absolute Gasteiger partial charge is 0.272 e. The number of aromatic nitrogens is 3. The Hall–Kier alpha value is -1.89. The summed E-state index contributed by atoms with van der Waals surface area (Å²) in [6.07, 6.45) is 1.50. The van der Waals surface area contributed by atoms with E-state index in [2.05, 4.69) is 15.4 Å². The summed E-state index contributed by atoms with van der Waals surface area (Å²) < 4.78 is 1.59. The minimum absolute atomic E-state index is 0.147. The number of carbonyl (C=O) groups is 1. The van der Waals surface area contributed by atoms with Crippen LogP contribution >= 0.6 is 11.3 Å². The lowest BCUT2D eigenvalue weighted by Crippen LogP contribution is -2.29.